The average molecular weight is 290 g/mol. The fourth-order valence-corrected chi connectivity index (χ4v) is 2.18. The molecule has 0 spiro atoms. The van der Waals surface area contributed by atoms with Gasteiger partial charge in [0.2, 0.25) is 0 Å². The molecule has 0 radical (unpaired) electrons. The van der Waals surface area contributed by atoms with Crippen molar-refractivity contribution in [3.63, 3.8) is 0 Å². The van der Waals surface area contributed by atoms with Crippen LogP contribution < -0.4 is 5.32 Å². The Bertz CT molecular complexity index is 611. The second kappa shape index (κ2) is 6.48. The van der Waals surface area contributed by atoms with E-state index in [1.54, 1.807) is 6.92 Å². The van der Waals surface area contributed by atoms with Gasteiger partial charge in [0.15, 0.2) is 6.29 Å². The fraction of sp³-hybridized carbons (Fsp3) is 0.267. The maximum atomic E-state index is 11.1. The highest BCUT2D eigenvalue weighted by Crippen LogP contribution is 2.23. The van der Waals surface area contributed by atoms with Gasteiger partial charge < -0.3 is 5.32 Å². The SMILES string of the molecule is CCCc1ccc(Nc2nc(C)nc(Cl)c2C=O)cc1. The number of aryl methyl sites for hydroxylation is 2. The Hall–Kier alpha value is -1.94. The molecule has 104 valence electrons. The van der Waals surface area contributed by atoms with Gasteiger partial charge in [-0.1, -0.05) is 37.1 Å². The lowest BCUT2D eigenvalue weighted by atomic mass is 10.1. The molecule has 20 heavy (non-hydrogen) atoms. The summed E-state index contributed by atoms with van der Waals surface area (Å²) in [6.07, 6.45) is 2.83. The fourth-order valence-electron chi connectivity index (χ4n) is 1.93. The summed E-state index contributed by atoms with van der Waals surface area (Å²) in [4.78, 5) is 19.3. The Morgan fingerprint density at radius 1 is 1.25 bits per heavy atom. The van der Waals surface area contributed by atoms with Crippen molar-refractivity contribution in [2.45, 2.75) is 26.7 Å². The van der Waals surface area contributed by atoms with Gasteiger partial charge in [-0.05, 0) is 31.0 Å². The Morgan fingerprint density at radius 2 is 1.95 bits per heavy atom. The van der Waals surface area contributed by atoms with Crippen molar-refractivity contribution in [1.82, 2.24) is 9.97 Å². The maximum Gasteiger partial charge on any atom is 0.156 e. The minimum Gasteiger partial charge on any atom is -0.339 e. The number of anilines is 2. The number of rotatable bonds is 5. The van der Waals surface area contributed by atoms with Crippen LogP contribution in [0.2, 0.25) is 5.15 Å². The van der Waals surface area contributed by atoms with Crippen LogP contribution in [0.15, 0.2) is 24.3 Å². The van der Waals surface area contributed by atoms with Crippen LogP contribution in [0.1, 0.15) is 35.1 Å². The number of carbonyl (C=O) groups excluding carboxylic acids is 1. The highest BCUT2D eigenvalue weighted by Gasteiger charge is 2.11. The van der Waals surface area contributed by atoms with Crippen LogP contribution in [-0.2, 0) is 6.42 Å². The van der Waals surface area contributed by atoms with E-state index in [-0.39, 0.29) is 10.7 Å². The zero-order valence-corrected chi connectivity index (χ0v) is 12.2. The van der Waals surface area contributed by atoms with Gasteiger partial charge in [-0.2, -0.15) is 0 Å². The second-order valence-corrected chi connectivity index (χ2v) is 4.87. The normalized spacial score (nSPS) is 10.3. The lowest BCUT2D eigenvalue weighted by Crippen LogP contribution is -2.03. The van der Waals surface area contributed by atoms with Crippen molar-refractivity contribution < 1.29 is 4.79 Å². The highest BCUT2D eigenvalue weighted by molar-refractivity contribution is 6.32. The Morgan fingerprint density at radius 3 is 2.55 bits per heavy atom. The van der Waals surface area contributed by atoms with Crippen molar-refractivity contribution in [3.05, 3.63) is 46.4 Å². The molecule has 1 aromatic carbocycles. The van der Waals surface area contributed by atoms with Crippen LogP contribution >= 0.6 is 11.6 Å². The molecule has 2 aromatic rings. The molecule has 0 bridgehead atoms. The molecule has 1 heterocycles. The molecule has 0 amide bonds. The van der Waals surface area contributed by atoms with Crippen LogP contribution in [-0.4, -0.2) is 16.3 Å². The van der Waals surface area contributed by atoms with Crippen LogP contribution in [0.4, 0.5) is 11.5 Å². The van der Waals surface area contributed by atoms with Gasteiger partial charge in [0.1, 0.15) is 16.8 Å². The van der Waals surface area contributed by atoms with Gasteiger partial charge in [-0.15, -0.1) is 0 Å². The minimum absolute atomic E-state index is 0.164. The minimum atomic E-state index is 0.164. The van der Waals surface area contributed by atoms with E-state index in [0.29, 0.717) is 17.9 Å². The first-order chi connectivity index (χ1) is 9.63. The molecule has 0 saturated heterocycles. The van der Waals surface area contributed by atoms with Crippen molar-refractivity contribution in [3.8, 4) is 0 Å². The molecule has 0 fully saturated rings. The molecule has 1 N–H and O–H groups in total. The number of benzene rings is 1. The lowest BCUT2D eigenvalue weighted by Gasteiger charge is -2.10. The highest BCUT2D eigenvalue weighted by atomic mass is 35.5. The van der Waals surface area contributed by atoms with Crippen LogP contribution in [0.25, 0.3) is 0 Å². The predicted molar refractivity (Wildman–Crippen MR) is 80.9 cm³/mol. The van der Waals surface area contributed by atoms with E-state index in [1.807, 2.05) is 12.1 Å². The largest absolute Gasteiger partial charge is 0.339 e. The number of aromatic nitrogens is 2. The summed E-state index contributed by atoms with van der Waals surface area (Å²) in [5, 5.41) is 3.27. The third kappa shape index (κ3) is 3.33. The Labute approximate surface area is 123 Å². The summed E-state index contributed by atoms with van der Waals surface area (Å²) in [6.45, 7) is 3.88. The summed E-state index contributed by atoms with van der Waals surface area (Å²) in [5.74, 6) is 0.950. The zero-order valence-electron chi connectivity index (χ0n) is 11.5. The van der Waals surface area contributed by atoms with Gasteiger partial charge in [0.25, 0.3) is 0 Å². The second-order valence-electron chi connectivity index (χ2n) is 4.51. The van der Waals surface area contributed by atoms with Crippen molar-refractivity contribution in [2.75, 3.05) is 5.32 Å². The van der Waals surface area contributed by atoms with Crippen LogP contribution in [0.3, 0.4) is 0 Å². The molecular formula is C15H16ClN3O. The van der Waals surface area contributed by atoms with Gasteiger partial charge in [0.05, 0.1) is 5.56 Å². The smallest absolute Gasteiger partial charge is 0.156 e. The number of nitrogens with zero attached hydrogens (tertiary/aromatic N) is 2. The predicted octanol–water partition coefficient (Wildman–Crippen LogP) is 3.95. The Balaban J connectivity index is 2.27. The molecule has 0 aliphatic rings. The summed E-state index contributed by atoms with van der Waals surface area (Å²) < 4.78 is 0. The van der Waals surface area contributed by atoms with Gasteiger partial charge in [-0.3, -0.25) is 4.79 Å². The van der Waals surface area contributed by atoms with Crippen molar-refractivity contribution in [2.24, 2.45) is 0 Å². The first-order valence-electron chi connectivity index (χ1n) is 6.49. The van der Waals surface area contributed by atoms with Crippen molar-refractivity contribution >= 4 is 29.4 Å². The first kappa shape index (κ1) is 14.5. The number of halogens is 1. The van der Waals surface area contributed by atoms with E-state index in [1.165, 1.54) is 5.56 Å². The number of nitrogens with one attached hydrogen (secondary N) is 1. The third-order valence-electron chi connectivity index (χ3n) is 2.88. The molecule has 0 saturated carbocycles. The average Bonchev–Trinajstić information content (AvgIpc) is 2.41. The summed E-state index contributed by atoms with van der Waals surface area (Å²) in [6, 6.07) is 8.04. The maximum absolute atomic E-state index is 11.1. The topological polar surface area (TPSA) is 54.9 Å². The molecule has 2 rings (SSSR count). The van der Waals surface area contributed by atoms with Crippen LogP contribution in [0, 0.1) is 6.92 Å². The number of aldehydes is 1. The monoisotopic (exact) mass is 289 g/mol. The number of carbonyl (C=O) groups is 1. The molecule has 4 nitrogen and oxygen atoms in total. The molecule has 1 aromatic heterocycles. The first-order valence-corrected chi connectivity index (χ1v) is 6.87. The van der Waals surface area contributed by atoms with E-state index in [0.717, 1.165) is 18.5 Å². The molecular weight excluding hydrogens is 274 g/mol. The number of hydrogen-bond acceptors (Lipinski definition) is 4. The summed E-state index contributed by atoms with van der Waals surface area (Å²) in [7, 11) is 0. The molecule has 0 aliphatic heterocycles. The van der Waals surface area contributed by atoms with E-state index in [4.69, 9.17) is 11.6 Å². The van der Waals surface area contributed by atoms with Crippen molar-refractivity contribution in [1.29, 1.82) is 0 Å². The summed E-state index contributed by atoms with van der Waals surface area (Å²) in [5.41, 5.74) is 2.42. The van der Waals surface area contributed by atoms with Gasteiger partial charge in [0, 0.05) is 5.69 Å². The van der Waals surface area contributed by atoms with Gasteiger partial charge in [-0.25, -0.2) is 9.97 Å². The Kier molecular flexibility index (Phi) is 4.69. The molecule has 0 unspecified atom stereocenters. The molecule has 5 heteroatoms. The zero-order chi connectivity index (χ0) is 14.5. The van der Waals surface area contributed by atoms with Gasteiger partial charge >= 0.3 is 0 Å². The van der Waals surface area contributed by atoms with Crippen LogP contribution in [0.5, 0.6) is 0 Å². The van der Waals surface area contributed by atoms with E-state index < -0.39 is 0 Å². The number of hydrogen-bond donors (Lipinski definition) is 1. The lowest BCUT2D eigenvalue weighted by molar-refractivity contribution is 0.112. The summed E-state index contributed by atoms with van der Waals surface area (Å²) >= 11 is 5.95. The molecule has 0 aliphatic carbocycles. The quantitative estimate of drug-likeness (QED) is 0.669. The van der Waals surface area contributed by atoms with E-state index in [9.17, 15) is 4.79 Å². The molecule has 0 atom stereocenters. The standard InChI is InChI=1S/C15H16ClN3O/c1-3-4-11-5-7-12(8-6-11)19-15-13(9-20)14(16)17-10(2)18-15/h5-9H,3-4H2,1-2H3,(H,17,18,19). The van der Waals surface area contributed by atoms with E-state index >= 15 is 0 Å². The van der Waals surface area contributed by atoms with E-state index in [2.05, 4.69) is 34.3 Å². The third-order valence-corrected chi connectivity index (χ3v) is 3.17.